The second-order valence-corrected chi connectivity index (χ2v) is 6.29. The van der Waals surface area contributed by atoms with Gasteiger partial charge in [-0.2, -0.15) is 0 Å². The van der Waals surface area contributed by atoms with Gasteiger partial charge in [-0.15, -0.1) is 0 Å². The van der Waals surface area contributed by atoms with Crippen LogP contribution in [0.1, 0.15) is 25.5 Å². The molecule has 2 aliphatic heterocycles. The highest BCUT2D eigenvalue weighted by atomic mass is 32.2. The number of carbonyl (C=O) groups excluding carboxylic acids is 2. The summed E-state index contributed by atoms with van der Waals surface area (Å²) >= 11 is 1.38. The van der Waals surface area contributed by atoms with Crippen molar-refractivity contribution in [1.82, 2.24) is 4.90 Å². The second kappa shape index (κ2) is 6.68. The van der Waals surface area contributed by atoms with E-state index in [-0.39, 0.29) is 12.5 Å². The van der Waals surface area contributed by atoms with Gasteiger partial charge in [0.25, 0.3) is 0 Å². The second-order valence-electron chi connectivity index (χ2n) is 5.35. The number of carbonyl (C=O) groups is 2. The van der Waals surface area contributed by atoms with Gasteiger partial charge in [0.05, 0.1) is 36.8 Å². The minimum atomic E-state index is -0.547. The van der Waals surface area contributed by atoms with Crippen LogP contribution < -0.4 is 4.74 Å². The van der Waals surface area contributed by atoms with Gasteiger partial charge in [-0.3, -0.25) is 9.69 Å². The molecular weight excluding hydrogens is 328 g/mol. The summed E-state index contributed by atoms with van der Waals surface area (Å²) in [4.78, 5) is 30.9. The highest BCUT2D eigenvalue weighted by molar-refractivity contribution is 8.15. The van der Waals surface area contributed by atoms with Gasteiger partial charge in [0, 0.05) is 0 Å². The number of amides is 1. The van der Waals surface area contributed by atoms with Gasteiger partial charge < -0.3 is 9.47 Å². The Bertz CT molecular complexity index is 757. The lowest BCUT2D eigenvalue weighted by atomic mass is 9.94. The van der Waals surface area contributed by atoms with Gasteiger partial charge in [-0.25, -0.2) is 9.79 Å². The number of allylic oxidation sites excluding steroid dienone is 1. The molecular formula is C17H18N2O4S. The number of hydrogen-bond donors (Lipinski definition) is 0. The zero-order chi connectivity index (χ0) is 17.3. The average Bonchev–Trinajstić information content (AvgIpc) is 2.94. The minimum absolute atomic E-state index is 0.0686. The number of ether oxygens (including phenoxy) is 2. The summed E-state index contributed by atoms with van der Waals surface area (Å²) in [6, 6.07) is 6.82. The maximum Gasteiger partial charge on any atom is 0.338 e. The fourth-order valence-electron chi connectivity index (χ4n) is 2.84. The van der Waals surface area contributed by atoms with Crippen molar-refractivity contribution < 1.29 is 19.1 Å². The average molecular weight is 346 g/mol. The van der Waals surface area contributed by atoms with E-state index in [1.165, 1.54) is 11.8 Å². The normalized spacial score (nSPS) is 20.0. The van der Waals surface area contributed by atoms with Crippen molar-refractivity contribution in [3.05, 3.63) is 41.1 Å². The third-order valence-electron chi connectivity index (χ3n) is 3.89. The van der Waals surface area contributed by atoms with Crippen LogP contribution in [0.25, 0.3) is 0 Å². The first-order valence-corrected chi connectivity index (χ1v) is 8.60. The van der Waals surface area contributed by atoms with Crippen molar-refractivity contribution >= 4 is 28.8 Å². The molecule has 2 aliphatic rings. The highest BCUT2D eigenvalue weighted by Crippen LogP contribution is 2.41. The number of thioether (sulfide) groups is 1. The first kappa shape index (κ1) is 16.6. The first-order valence-electron chi connectivity index (χ1n) is 7.62. The van der Waals surface area contributed by atoms with Gasteiger partial charge in [0.2, 0.25) is 5.91 Å². The summed E-state index contributed by atoms with van der Waals surface area (Å²) in [5, 5.41) is 0.623. The van der Waals surface area contributed by atoms with Crippen LogP contribution in [0, 0.1) is 0 Å². The van der Waals surface area contributed by atoms with Crippen molar-refractivity contribution in [2.75, 3.05) is 19.5 Å². The number of amidine groups is 1. The number of methoxy groups -OCH3 is 1. The topological polar surface area (TPSA) is 68.2 Å². The van der Waals surface area contributed by atoms with E-state index in [0.717, 1.165) is 5.56 Å². The molecule has 0 aromatic heterocycles. The van der Waals surface area contributed by atoms with Crippen LogP contribution in [0.2, 0.25) is 0 Å². The number of hydrogen-bond acceptors (Lipinski definition) is 6. The molecule has 0 aliphatic carbocycles. The van der Waals surface area contributed by atoms with Crippen LogP contribution in [0.4, 0.5) is 0 Å². The van der Waals surface area contributed by atoms with E-state index in [9.17, 15) is 9.59 Å². The van der Waals surface area contributed by atoms with Crippen molar-refractivity contribution in [3.63, 3.8) is 0 Å². The van der Waals surface area contributed by atoms with Crippen molar-refractivity contribution in [2.45, 2.75) is 19.9 Å². The zero-order valence-corrected chi connectivity index (χ0v) is 14.6. The number of rotatable bonds is 4. The van der Waals surface area contributed by atoms with E-state index in [4.69, 9.17) is 9.47 Å². The lowest BCUT2D eigenvalue weighted by molar-refractivity contribution is -0.139. The van der Waals surface area contributed by atoms with E-state index in [1.54, 1.807) is 25.9 Å². The largest absolute Gasteiger partial charge is 0.497 e. The molecule has 1 aromatic carbocycles. The van der Waals surface area contributed by atoms with Crippen LogP contribution in [0.5, 0.6) is 5.75 Å². The maximum absolute atomic E-state index is 12.5. The minimum Gasteiger partial charge on any atom is -0.497 e. The molecule has 2 heterocycles. The number of benzene rings is 1. The zero-order valence-electron chi connectivity index (χ0n) is 13.7. The summed E-state index contributed by atoms with van der Waals surface area (Å²) in [6.45, 7) is 3.79. The quantitative estimate of drug-likeness (QED) is 0.784. The summed E-state index contributed by atoms with van der Waals surface area (Å²) in [6.07, 6.45) is 0. The molecule has 0 radical (unpaired) electrons. The molecule has 126 valence electrons. The molecule has 0 unspecified atom stereocenters. The molecule has 24 heavy (non-hydrogen) atoms. The first-order chi connectivity index (χ1) is 11.6. The van der Waals surface area contributed by atoms with Crippen LogP contribution in [0.3, 0.4) is 0 Å². The predicted molar refractivity (Wildman–Crippen MR) is 91.8 cm³/mol. The fourth-order valence-corrected chi connectivity index (χ4v) is 3.78. The Morgan fingerprint density at radius 2 is 2.25 bits per heavy atom. The van der Waals surface area contributed by atoms with Crippen molar-refractivity contribution in [1.29, 1.82) is 0 Å². The Hall–Kier alpha value is -2.28. The SMILES string of the molecule is CCOC(=O)C1=C(C)N=C2SCC(=O)N2[C@H]1c1cccc(OC)c1. The molecule has 3 rings (SSSR count). The summed E-state index contributed by atoms with van der Waals surface area (Å²) in [5.41, 5.74) is 1.76. The van der Waals surface area contributed by atoms with Gasteiger partial charge >= 0.3 is 5.97 Å². The van der Waals surface area contributed by atoms with Gasteiger partial charge in [-0.05, 0) is 31.5 Å². The Balaban J connectivity index is 2.14. The van der Waals surface area contributed by atoms with Gasteiger partial charge in [-0.1, -0.05) is 23.9 Å². The lowest BCUT2D eigenvalue weighted by Crippen LogP contribution is -2.39. The monoisotopic (exact) mass is 346 g/mol. The van der Waals surface area contributed by atoms with Crippen molar-refractivity contribution in [3.8, 4) is 5.75 Å². The van der Waals surface area contributed by atoms with Crippen LogP contribution in [-0.4, -0.2) is 41.4 Å². The van der Waals surface area contributed by atoms with E-state index in [1.807, 2.05) is 24.3 Å². The Labute approximate surface area is 144 Å². The van der Waals surface area contributed by atoms with Crippen LogP contribution >= 0.6 is 11.8 Å². The van der Waals surface area contributed by atoms with E-state index < -0.39 is 12.0 Å². The molecule has 0 spiro atoms. The third-order valence-corrected chi connectivity index (χ3v) is 4.83. The predicted octanol–water partition coefficient (Wildman–Crippen LogP) is 2.52. The Morgan fingerprint density at radius 3 is 2.96 bits per heavy atom. The van der Waals surface area contributed by atoms with Crippen LogP contribution in [-0.2, 0) is 14.3 Å². The van der Waals surface area contributed by atoms with Gasteiger partial charge in [0.1, 0.15) is 5.75 Å². The summed E-state index contributed by atoms with van der Waals surface area (Å²) < 4.78 is 10.5. The van der Waals surface area contributed by atoms with Crippen molar-refractivity contribution in [2.24, 2.45) is 4.99 Å². The molecule has 7 heteroatoms. The molecule has 0 bridgehead atoms. The van der Waals surface area contributed by atoms with E-state index >= 15 is 0 Å². The standard InChI is InChI=1S/C17H18N2O4S/c1-4-23-16(21)14-10(2)18-17-19(13(20)9-24-17)15(14)11-6-5-7-12(8-11)22-3/h5-8,15H,4,9H2,1-3H3/t15-/m0/s1. The molecule has 1 fully saturated rings. The molecule has 1 atom stereocenters. The highest BCUT2D eigenvalue weighted by Gasteiger charge is 2.43. The van der Waals surface area contributed by atoms with Crippen LogP contribution in [0.15, 0.2) is 40.5 Å². The number of esters is 1. The third kappa shape index (κ3) is 2.80. The lowest BCUT2D eigenvalue weighted by Gasteiger charge is -2.33. The van der Waals surface area contributed by atoms with E-state index in [2.05, 4.69) is 4.99 Å². The summed E-state index contributed by atoms with van der Waals surface area (Å²) in [7, 11) is 1.58. The fraction of sp³-hybridized carbons (Fsp3) is 0.353. The van der Waals surface area contributed by atoms with E-state index in [0.29, 0.717) is 27.9 Å². The molecule has 1 saturated heterocycles. The Kier molecular flexibility index (Phi) is 4.62. The number of nitrogens with zero attached hydrogens (tertiary/aromatic N) is 2. The number of aliphatic imine (C=N–C) groups is 1. The molecule has 0 saturated carbocycles. The number of fused-ring (bicyclic) bond motifs is 1. The van der Waals surface area contributed by atoms with Gasteiger partial charge in [0.15, 0.2) is 5.17 Å². The summed E-state index contributed by atoms with van der Waals surface area (Å²) in [5.74, 6) is 0.468. The smallest absolute Gasteiger partial charge is 0.338 e. The molecule has 1 amide bonds. The molecule has 6 nitrogen and oxygen atoms in total. The maximum atomic E-state index is 12.5. The Morgan fingerprint density at radius 1 is 1.46 bits per heavy atom. The molecule has 0 N–H and O–H groups in total. The molecule has 1 aromatic rings.